The van der Waals surface area contributed by atoms with Crippen LogP contribution < -0.4 is 15.4 Å². The first-order chi connectivity index (χ1) is 16.0. The molecule has 0 spiro atoms. The summed E-state index contributed by atoms with van der Waals surface area (Å²) in [6.45, 7) is 1.69. The fourth-order valence-electron chi connectivity index (χ4n) is 3.60. The van der Waals surface area contributed by atoms with Crippen LogP contribution in [0.5, 0.6) is 5.75 Å². The van der Waals surface area contributed by atoms with Gasteiger partial charge in [-0.1, -0.05) is 17.7 Å². The highest BCUT2D eigenvalue weighted by atomic mass is 35.5. The Morgan fingerprint density at radius 2 is 2.12 bits per heavy atom. The Hall–Kier alpha value is -2.91. The highest BCUT2D eigenvalue weighted by Crippen LogP contribution is 2.25. The van der Waals surface area contributed by atoms with Crippen LogP contribution >= 0.6 is 11.6 Å². The number of hydrogen-bond acceptors (Lipinski definition) is 7. The number of fused-ring (bicyclic) bond motifs is 1. The quantitative estimate of drug-likeness (QED) is 0.399. The van der Waals surface area contributed by atoms with Crippen LogP contribution in [-0.2, 0) is 22.4 Å². The number of unbranched alkanes of at least 4 members (excludes halogenated alkanes) is 1. The number of methoxy groups -OCH3 is 1. The van der Waals surface area contributed by atoms with Gasteiger partial charge < -0.3 is 25.2 Å². The number of nitrogens with zero attached hydrogens (tertiary/aromatic N) is 2. The summed E-state index contributed by atoms with van der Waals surface area (Å²) in [5, 5.41) is 15.4. The first-order valence-electron chi connectivity index (χ1n) is 11.0. The molecule has 2 aromatic rings. The minimum absolute atomic E-state index is 0.0484. The van der Waals surface area contributed by atoms with Gasteiger partial charge in [-0.25, -0.2) is 9.78 Å². The van der Waals surface area contributed by atoms with Crippen molar-refractivity contribution in [2.45, 2.75) is 44.6 Å². The second-order valence-electron chi connectivity index (χ2n) is 7.76. The fourth-order valence-corrected chi connectivity index (χ4v) is 3.84. The van der Waals surface area contributed by atoms with Crippen LogP contribution in [0.4, 0.5) is 5.82 Å². The average Bonchev–Trinajstić information content (AvgIpc) is 2.82. The Morgan fingerprint density at radius 1 is 1.27 bits per heavy atom. The van der Waals surface area contributed by atoms with Crippen LogP contribution in [0, 0.1) is 0 Å². The lowest BCUT2D eigenvalue weighted by atomic mass is 10.1. The van der Waals surface area contributed by atoms with E-state index in [9.17, 15) is 14.7 Å². The fraction of sp³-hybridized carbons (Fsp3) is 0.478. The Labute approximate surface area is 197 Å². The molecule has 10 heteroatoms. The van der Waals surface area contributed by atoms with Gasteiger partial charge in [0.05, 0.1) is 18.3 Å². The highest BCUT2D eigenvalue weighted by molar-refractivity contribution is 6.34. The summed E-state index contributed by atoms with van der Waals surface area (Å²) in [6, 6.07) is 3.12. The molecule has 1 unspecified atom stereocenters. The van der Waals surface area contributed by atoms with Crippen LogP contribution in [0.3, 0.4) is 0 Å². The Morgan fingerprint density at radius 3 is 2.91 bits per heavy atom. The van der Waals surface area contributed by atoms with Gasteiger partial charge in [-0.15, -0.1) is 0 Å². The lowest BCUT2D eigenvalue weighted by Crippen LogP contribution is -2.41. The monoisotopic (exact) mass is 476 g/mol. The summed E-state index contributed by atoms with van der Waals surface area (Å²) in [6.07, 6.45) is 7.61. The first-order valence-corrected chi connectivity index (χ1v) is 11.4. The van der Waals surface area contributed by atoms with E-state index in [1.807, 2.05) is 0 Å². The molecule has 1 amide bonds. The molecule has 0 radical (unpaired) electrons. The third-order valence-corrected chi connectivity index (χ3v) is 5.68. The standard InChI is InChI=1S/C23H29ClN4O5/c1-32-19-14-25-13-17(24)20(19)22(29)28-18(23(30)31)9-12-33-11-3-2-6-16-8-7-15-5-4-10-26-21(15)27-16/h7-8,13-14,18H,2-6,9-12H2,1H3,(H,26,27)(H,28,29)(H,30,31). The third kappa shape index (κ3) is 7.03. The van der Waals surface area contributed by atoms with Crippen LogP contribution in [0.15, 0.2) is 24.5 Å². The number of pyridine rings is 2. The molecule has 0 saturated heterocycles. The molecule has 1 atom stereocenters. The summed E-state index contributed by atoms with van der Waals surface area (Å²) in [4.78, 5) is 32.6. The number of carboxylic acid groups (broad SMARTS) is 1. The van der Waals surface area contributed by atoms with Gasteiger partial charge in [0.1, 0.15) is 17.4 Å². The largest absolute Gasteiger partial charge is 0.494 e. The predicted octanol–water partition coefficient (Wildman–Crippen LogP) is 3.11. The molecular formula is C23H29ClN4O5. The maximum atomic E-state index is 12.5. The SMILES string of the molecule is COc1cncc(Cl)c1C(=O)NC(CCOCCCCc1ccc2c(n1)NCCC2)C(=O)O. The number of hydrogen-bond donors (Lipinski definition) is 3. The molecular weight excluding hydrogens is 448 g/mol. The van der Waals surface area contributed by atoms with Crippen molar-refractivity contribution in [2.24, 2.45) is 0 Å². The summed E-state index contributed by atoms with van der Waals surface area (Å²) in [7, 11) is 1.38. The lowest BCUT2D eigenvalue weighted by molar-refractivity contribution is -0.139. The van der Waals surface area contributed by atoms with E-state index in [1.165, 1.54) is 25.1 Å². The third-order valence-electron chi connectivity index (χ3n) is 5.39. The van der Waals surface area contributed by atoms with E-state index in [2.05, 4.69) is 32.7 Å². The van der Waals surface area contributed by atoms with Gasteiger partial charge >= 0.3 is 5.97 Å². The number of rotatable bonds is 12. The van der Waals surface area contributed by atoms with Crippen molar-refractivity contribution >= 4 is 29.3 Å². The molecule has 3 N–H and O–H groups in total. The molecule has 0 saturated carbocycles. The second kappa shape index (κ2) is 12.4. The number of ether oxygens (including phenoxy) is 2. The number of aryl methyl sites for hydroxylation is 2. The second-order valence-corrected chi connectivity index (χ2v) is 8.17. The van der Waals surface area contributed by atoms with Gasteiger partial charge in [0.15, 0.2) is 5.75 Å². The highest BCUT2D eigenvalue weighted by Gasteiger charge is 2.24. The molecule has 3 rings (SSSR count). The van der Waals surface area contributed by atoms with E-state index in [1.54, 1.807) is 0 Å². The van der Waals surface area contributed by atoms with Crippen molar-refractivity contribution in [1.82, 2.24) is 15.3 Å². The Kier molecular flexibility index (Phi) is 9.26. The number of anilines is 1. The van der Waals surface area contributed by atoms with Gasteiger partial charge in [-0.2, -0.15) is 0 Å². The molecule has 2 aromatic heterocycles. The molecule has 178 valence electrons. The van der Waals surface area contributed by atoms with E-state index < -0.39 is 17.9 Å². The van der Waals surface area contributed by atoms with Crippen molar-refractivity contribution in [3.05, 3.63) is 46.4 Å². The zero-order valence-corrected chi connectivity index (χ0v) is 19.4. The topological polar surface area (TPSA) is 123 Å². The van der Waals surface area contributed by atoms with Gasteiger partial charge in [0.25, 0.3) is 5.91 Å². The minimum atomic E-state index is -1.15. The van der Waals surface area contributed by atoms with E-state index in [-0.39, 0.29) is 29.4 Å². The molecule has 1 aliphatic heterocycles. The van der Waals surface area contributed by atoms with Crippen molar-refractivity contribution in [1.29, 1.82) is 0 Å². The predicted molar refractivity (Wildman–Crippen MR) is 124 cm³/mol. The number of carboxylic acids is 1. The maximum Gasteiger partial charge on any atom is 0.326 e. The number of nitrogens with one attached hydrogen (secondary N) is 2. The molecule has 0 fully saturated rings. The molecule has 33 heavy (non-hydrogen) atoms. The molecule has 9 nitrogen and oxygen atoms in total. The number of halogens is 1. The smallest absolute Gasteiger partial charge is 0.326 e. The maximum absolute atomic E-state index is 12.5. The van der Waals surface area contributed by atoms with E-state index >= 15 is 0 Å². The van der Waals surface area contributed by atoms with Crippen molar-refractivity contribution in [3.8, 4) is 5.75 Å². The molecule has 1 aliphatic rings. The van der Waals surface area contributed by atoms with Gasteiger partial charge in [0, 0.05) is 38.1 Å². The normalized spacial score (nSPS) is 13.5. The zero-order valence-electron chi connectivity index (χ0n) is 18.6. The van der Waals surface area contributed by atoms with Crippen LogP contribution in [0.25, 0.3) is 0 Å². The Balaban J connectivity index is 1.38. The molecule has 0 bridgehead atoms. The number of amides is 1. The number of carbonyl (C=O) groups excluding carboxylic acids is 1. The lowest BCUT2D eigenvalue weighted by Gasteiger charge is -2.17. The van der Waals surface area contributed by atoms with Gasteiger partial charge in [-0.3, -0.25) is 9.78 Å². The zero-order chi connectivity index (χ0) is 23.6. The van der Waals surface area contributed by atoms with E-state index in [0.29, 0.717) is 6.61 Å². The summed E-state index contributed by atoms with van der Waals surface area (Å²) < 4.78 is 10.7. The summed E-state index contributed by atoms with van der Waals surface area (Å²) >= 11 is 6.04. The molecule has 3 heterocycles. The summed E-state index contributed by atoms with van der Waals surface area (Å²) in [5.41, 5.74) is 2.38. The molecule has 0 aromatic carbocycles. The summed E-state index contributed by atoms with van der Waals surface area (Å²) in [5.74, 6) is -0.617. The average molecular weight is 477 g/mol. The van der Waals surface area contributed by atoms with E-state index in [0.717, 1.165) is 50.2 Å². The van der Waals surface area contributed by atoms with Crippen LogP contribution in [-0.4, -0.2) is 59.9 Å². The van der Waals surface area contributed by atoms with E-state index in [4.69, 9.17) is 21.1 Å². The van der Waals surface area contributed by atoms with Crippen LogP contribution in [0.2, 0.25) is 5.02 Å². The number of carbonyl (C=O) groups is 2. The van der Waals surface area contributed by atoms with Gasteiger partial charge in [-0.05, 0) is 43.7 Å². The number of aliphatic carboxylic acids is 1. The molecule has 0 aliphatic carbocycles. The van der Waals surface area contributed by atoms with Crippen LogP contribution in [0.1, 0.15) is 47.3 Å². The van der Waals surface area contributed by atoms with Crippen molar-refractivity contribution in [3.63, 3.8) is 0 Å². The van der Waals surface area contributed by atoms with Gasteiger partial charge in [0.2, 0.25) is 0 Å². The first kappa shape index (κ1) is 24.7. The number of aromatic nitrogens is 2. The Bertz CT molecular complexity index is 972. The van der Waals surface area contributed by atoms with Crippen molar-refractivity contribution in [2.75, 3.05) is 32.2 Å². The van der Waals surface area contributed by atoms with Crippen molar-refractivity contribution < 1.29 is 24.2 Å². The minimum Gasteiger partial charge on any atom is -0.494 e.